The lowest BCUT2D eigenvalue weighted by molar-refractivity contribution is 0.0978. The topological polar surface area (TPSA) is 81.4 Å². The minimum atomic E-state index is -3.28. The van der Waals surface area contributed by atoms with Crippen molar-refractivity contribution >= 4 is 10.0 Å². The van der Waals surface area contributed by atoms with Crippen LogP contribution in [0.1, 0.15) is 51.4 Å². The monoisotopic (exact) mass is 290 g/mol. The first-order valence-electron chi connectivity index (χ1n) is 7.39. The first kappa shape index (κ1) is 15.2. The molecule has 0 atom stereocenters. The Hall–Kier alpha value is -0.170. The fourth-order valence-corrected chi connectivity index (χ4v) is 5.00. The van der Waals surface area contributed by atoms with E-state index in [0.717, 1.165) is 25.7 Å². The molecule has 0 bridgehead atoms. The van der Waals surface area contributed by atoms with E-state index in [1.807, 2.05) is 0 Å². The van der Waals surface area contributed by atoms with E-state index in [1.165, 1.54) is 12.8 Å². The van der Waals surface area contributed by atoms with Crippen molar-refractivity contribution < 1.29 is 13.2 Å². The third-order valence-corrected chi connectivity index (χ3v) is 6.48. The van der Waals surface area contributed by atoms with Gasteiger partial charge in [0.15, 0.2) is 0 Å². The predicted octanol–water partition coefficient (Wildman–Crippen LogP) is 1.14. The fourth-order valence-electron chi connectivity index (χ4n) is 3.12. The van der Waals surface area contributed by atoms with Crippen molar-refractivity contribution in [2.45, 2.75) is 62.2 Å². The molecule has 0 radical (unpaired) electrons. The van der Waals surface area contributed by atoms with Crippen LogP contribution < -0.4 is 10.5 Å². The summed E-state index contributed by atoms with van der Waals surface area (Å²) in [5.41, 5.74) is 5.48. The largest absolute Gasteiger partial charge is 0.381 e. The van der Waals surface area contributed by atoms with Gasteiger partial charge in [0, 0.05) is 25.3 Å². The smallest absolute Gasteiger partial charge is 0.215 e. The van der Waals surface area contributed by atoms with Gasteiger partial charge in [-0.1, -0.05) is 25.7 Å². The molecule has 112 valence electrons. The van der Waals surface area contributed by atoms with E-state index in [1.54, 1.807) is 0 Å². The zero-order valence-corrected chi connectivity index (χ0v) is 12.4. The molecule has 2 rings (SSSR count). The van der Waals surface area contributed by atoms with Gasteiger partial charge in [-0.25, -0.2) is 13.1 Å². The van der Waals surface area contributed by atoms with Crippen LogP contribution in [0.2, 0.25) is 0 Å². The molecule has 3 N–H and O–H groups in total. The molecule has 1 aliphatic heterocycles. The maximum atomic E-state index is 12.5. The third kappa shape index (κ3) is 3.90. The lowest BCUT2D eigenvalue weighted by Crippen LogP contribution is -2.56. The van der Waals surface area contributed by atoms with Gasteiger partial charge in [0.25, 0.3) is 0 Å². The van der Waals surface area contributed by atoms with Gasteiger partial charge in [-0.15, -0.1) is 0 Å². The molecule has 1 saturated carbocycles. The SMILES string of the molecule is NCC1(NS(=O)(=O)C2CCOCC2)CCCCCC1. The van der Waals surface area contributed by atoms with Crippen molar-refractivity contribution in [2.24, 2.45) is 5.73 Å². The molecule has 0 amide bonds. The first-order chi connectivity index (χ1) is 9.08. The average Bonchev–Trinajstić information content (AvgIpc) is 2.65. The normalized spacial score (nSPS) is 25.9. The summed E-state index contributed by atoms with van der Waals surface area (Å²) in [6.07, 6.45) is 7.41. The third-order valence-electron chi connectivity index (χ3n) is 4.42. The summed E-state index contributed by atoms with van der Waals surface area (Å²) < 4.78 is 33.2. The van der Waals surface area contributed by atoms with Crippen molar-refractivity contribution in [1.29, 1.82) is 0 Å². The quantitative estimate of drug-likeness (QED) is 0.761. The van der Waals surface area contributed by atoms with E-state index in [9.17, 15) is 8.42 Å². The molecule has 0 spiro atoms. The molecule has 6 heteroatoms. The molecular weight excluding hydrogens is 264 g/mol. The molecular formula is C13H26N2O3S. The van der Waals surface area contributed by atoms with E-state index in [4.69, 9.17) is 10.5 Å². The Morgan fingerprint density at radius 2 is 1.68 bits per heavy atom. The van der Waals surface area contributed by atoms with Crippen LogP contribution in [-0.4, -0.2) is 39.0 Å². The van der Waals surface area contributed by atoms with E-state index < -0.39 is 15.6 Å². The number of sulfonamides is 1. The minimum Gasteiger partial charge on any atom is -0.381 e. The highest BCUT2D eigenvalue weighted by atomic mass is 32.2. The molecule has 1 heterocycles. The highest BCUT2D eigenvalue weighted by Gasteiger charge is 2.37. The zero-order valence-electron chi connectivity index (χ0n) is 11.6. The standard InChI is InChI=1S/C13H26N2O3S/c14-11-13(7-3-1-2-4-8-13)15-19(16,17)12-5-9-18-10-6-12/h12,15H,1-11,14H2. The second-order valence-electron chi connectivity index (χ2n) is 5.86. The first-order valence-corrected chi connectivity index (χ1v) is 8.93. The summed E-state index contributed by atoms with van der Waals surface area (Å²) in [5.74, 6) is 0. The molecule has 0 aromatic carbocycles. The van der Waals surface area contributed by atoms with Gasteiger partial charge < -0.3 is 10.5 Å². The number of rotatable bonds is 4. The van der Waals surface area contributed by atoms with Gasteiger partial charge in [0.05, 0.1) is 5.25 Å². The Labute approximate surface area is 116 Å². The molecule has 0 aromatic rings. The molecule has 0 aromatic heterocycles. The van der Waals surface area contributed by atoms with Crippen LogP contribution >= 0.6 is 0 Å². The molecule has 2 fully saturated rings. The van der Waals surface area contributed by atoms with Crippen molar-refractivity contribution in [3.05, 3.63) is 0 Å². The lowest BCUT2D eigenvalue weighted by atomic mass is 9.92. The minimum absolute atomic E-state index is 0.312. The van der Waals surface area contributed by atoms with Crippen LogP contribution in [-0.2, 0) is 14.8 Å². The van der Waals surface area contributed by atoms with Crippen molar-refractivity contribution in [1.82, 2.24) is 4.72 Å². The number of nitrogens with two attached hydrogens (primary N) is 1. The Balaban J connectivity index is 2.07. The molecule has 1 saturated heterocycles. The number of nitrogens with one attached hydrogen (secondary N) is 1. The molecule has 0 unspecified atom stereocenters. The molecule has 19 heavy (non-hydrogen) atoms. The Morgan fingerprint density at radius 3 is 2.21 bits per heavy atom. The van der Waals surface area contributed by atoms with Gasteiger partial charge in [0.2, 0.25) is 10.0 Å². The zero-order chi connectivity index (χ0) is 13.8. The van der Waals surface area contributed by atoms with Crippen LogP contribution in [0.25, 0.3) is 0 Å². The van der Waals surface area contributed by atoms with Gasteiger partial charge in [-0.3, -0.25) is 0 Å². The van der Waals surface area contributed by atoms with Crippen molar-refractivity contribution in [2.75, 3.05) is 19.8 Å². The van der Waals surface area contributed by atoms with Crippen LogP contribution in [0.4, 0.5) is 0 Å². The van der Waals surface area contributed by atoms with Crippen molar-refractivity contribution in [3.63, 3.8) is 0 Å². The highest BCUT2D eigenvalue weighted by Crippen LogP contribution is 2.28. The summed E-state index contributed by atoms with van der Waals surface area (Å²) in [6, 6.07) is 0. The van der Waals surface area contributed by atoms with Gasteiger partial charge in [-0.2, -0.15) is 0 Å². The predicted molar refractivity (Wildman–Crippen MR) is 75.4 cm³/mol. The maximum Gasteiger partial charge on any atom is 0.215 e. The lowest BCUT2D eigenvalue weighted by Gasteiger charge is -2.34. The Kier molecular flexibility index (Phi) is 5.22. The van der Waals surface area contributed by atoms with Crippen molar-refractivity contribution in [3.8, 4) is 0 Å². The Morgan fingerprint density at radius 1 is 1.11 bits per heavy atom. The van der Waals surface area contributed by atoms with Gasteiger partial charge >= 0.3 is 0 Å². The number of hydrogen-bond acceptors (Lipinski definition) is 4. The summed E-state index contributed by atoms with van der Waals surface area (Å²) in [5, 5.41) is -0.312. The Bertz CT molecular complexity index is 369. The number of hydrogen-bond donors (Lipinski definition) is 2. The van der Waals surface area contributed by atoms with Gasteiger partial charge in [-0.05, 0) is 25.7 Å². The van der Waals surface area contributed by atoms with Crippen LogP contribution in [0.3, 0.4) is 0 Å². The van der Waals surface area contributed by atoms with Crippen LogP contribution in [0.15, 0.2) is 0 Å². The summed E-state index contributed by atoms with van der Waals surface area (Å²) in [7, 11) is -3.28. The fraction of sp³-hybridized carbons (Fsp3) is 1.00. The second kappa shape index (κ2) is 6.52. The maximum absolute atomic E-state index is 12.5. The average molecular weight is 290 g/mol. The summed E-state index contributed by atoms with van der Waals surface area (Å²) in [6.45, 7) is 1.48. The van der Waals surface area contributed by atoms with E-state index in [2.05, 4.69) is 4.72 Å². The highest BCUT2D eigenvalue weighted by molar-refractivity contribution is 7.90. The van der Waals surface area contributed by atoms with Gasteiger partial charge in [0.1, 0.15) is 0 Å². The summed E-state index contributed by atoms with van der Waals surface area (Å²) >= 11 is 0. The van der Waals surface area contributed by atoms with E-state index >= 15 is 0 Å². The molecule has 5 nitrogen and oxygen atoms in total. The van der Waals surface area contributed by atoms with E-state index in [-0.39, 0.29) is 5.25 Å². The summed E-state index contributed by atoms with van der Waals surface area (Å²) in [4.78, 5) is 0. The van der Waals surface area contributed by atoms with Crippen LogP contribution in [0.5, 0.6) is 0 Å². The molecule has 1 aliphatic carbocycles. The second-order valence-corrected chi connectivity index (χ2v) is 7.82. The number of ether oxygens (including phenoxy) is 1. The van der Waals surface area contributed by atoms with E-state index in [0.29, 0.717) is 32.6 Å². The molecule has 2 aliphatic rings. The van der Waals surface area contributed by atoms with Crippen LogP contribution in [0, 0.1) is 0 Å².